The monoisotopic (exact) mass is 276 g/mol. The van der Waals surface area contributed by atoms with Gasteiger partial charge >= 0.3 is 0 Å². The number of hydrogen-bond acceptors (Lipinski definition) is 4. The first-order chi connectivity index (χ1) is 10.3. The van der Waals surface area contributed by atoms with Crippen LogP contribution in [0, 0.1) is 0 Å². The smallest absolute Gasteiger partial charge is 0.250 e. The molecule has 0 unspecified atom stereocenters. The van der Waals surface area contributed by atoms with Gasteiger partial charge in [0.05, 0.1) is 11.3 Å². The molecule has 0 bridgehead atoms. The van der Waals surface area contributed by atoms with Gasteiger partial charge in [-0.2, -0.15) is 0 Å². The van der Waals surface area contributed by atoms with Gasteiger partial charge in [-0.15, -0.1) is 10.2 Å². The zero-order valence-electron chi connectivity index (χ0n) is 11.1. The molecule has 0 aliphatic heterocycles. The predicted molar refractivity (Wildman–Crippen MR) is 79.2 cm³/mol. The summed E-state index contributed by atoms with van der Waals surface area (Å²) in [6.45, 7) is 0. The quantitative estimate of drug-likeness (QED) is 0.795. The number of hydrogen-bond donors (Lipinski definition) is 1. The van der Waals surface area contributed by atoms with Crippen LogP contribution in [0.15, 0.2) is 60.8 Å². The Labute approximate surface area is 121 Å². The number of carbonyl (C=O) groups is 1. The molecule has 0 saturated heterocycles. The molecule has 2 N–H and O–H groups in total. The Balaban J connectivity index is 2.01. The molecular weight excluding hydrogens is 264 g/mol. The summed E-state index contributed by atoms with van der Waals surface area (Å²) in [5, 5.41) is 8.33. The van der Waals surface area contributed by atoms with Gasteiger partial charge in [0, 0.05) is 11.8 Å². The molecule has 3 aromatic rings. The number of amides is 1. The summed E-state index contributed by atoms with van der Waals surface area (Å²) in [5.41, 5.74) is 8.38. The molecule has 102 valence electrons. The molecule has 5 nitrogen and oxygen atoms in total. The number of pyridine rings is 1. The highest BCUT2D eigenvalue weighted by atomic mass is 16.1. The lowest BCUT2D eigenvalue weighted by molar-refractivity contribution is 0.100. The second-order valence-electron chi connectivity index (χ2n) is 4.43. The lowest BCUT2D eigenvalue weighted by atomic mass is 10.1. The van der Waals surface area contributed by atoms with Crippen LogP contribution in [0.3, 0.4) is 0 Å². The van der Waals surface area contributed by atoms with Crippen LogP contribution in [0.2, 0.25) is 0 Å². The first-order valence-electron chi connectivity index (χ1n) is 6.40. The maximum atomic E-state index is 11.4. The van der Waals surface area contributed by atoms with Crippen LogP contribution in [0.5, 0.6) is 0 Å². The largest absolute Gasteiger partial charge is 0.366 e. The van der Waals surface area contributed by atoms with Crippen LogP contribution in [0.4, 0.5) is 0 Å². The minimum absolute atomic E-state index is 0.333. The minimum Gasteiger partial charge on any atom is -0.366 e. The Hall–Kier alpha value is -3.08. The van der Waals surface area contributed by atoms with Crippen molar-refractivity contribution in [1.82, 2.24) is 15.2 Å². The van der Waals surface area contributed by atoms with E-state index >= 15 is 0 Å². The third kappa shape index (κ3) is 2.62. The van der Waals surface area contributed by atoms with E-state index in [0.717, 1.165) is 11.3 Å². The van der Waals surface area contributed by atoms with Gasteiger partial charge in [-0.25, -0.2) is 0 Å². The minimum atomic E-state index is -0.535. The zero-order valence-corrected chi connectivity index (χ0v) is 11.1. The number of primary amides is 1. The normalized spacial score (nSPS) is 10.3. The summed E-state index contributed by atoms with van der Waals surface area (Å²) < 4.78 is 0. The first kappa shape index (κ1) is 12.9. The van der Waals surface area contributed by atoms with E-state index < -0.39 is 5.91 Å². The van der Waals surface area contributed by atoms with Crippen molar-refractivity contribution in [2.24, 2.45) is 5.73 Å². The van der Waals surface area contributed by atoms with Gasteiger partial charge in [0.1, 0.15) is 11.4 Å². The number of carbonyl (C=O) groups excluding carboxylic acids is 1. The van der Waals surface area contributed by atoms with E-state index in [0.29, 0.717) is 17.0 Å². The van der Waals surface area contributed by atoms with Crippen molar-refractivity contribution in [2.75, 3.05) is 0 Å². The summed E-state index contributed by atoms with van der Waals surface area (Å²) in [5.74, 6) is -0.535. The lowest BCUT2D eigenvalue weighted by Gasteiger charge is -2.05. The van der Waals surface area contributed by atoms with Crippen LogP contribution in [-0.4, -0.2) is 21.1 Å². The molecule has 1 amide bonds. The van der Waals surface area contributed by atoms with Crippen LogP contribution < -0.4 is 5.73 Å². The maximum Gasteiger partial charge on any atom is 0.250 e. The average molecular weight is 276 g/mol. The van der Waals surface area contributed by atoms with Gasteiger partial charge in [-0.3, -0.25) is 9.78 Å². The van der Waals surface area contributed by atoms with Crippen LogP contribution >= 0.6 is 0 Å². The highest BCUT2D eigenvalue weighted by Crippen LogP contribution is 2.21. The van der Waals surface area contributed by atoms with Gasteiger partial charge in [-0.05, 0) is 24.3 Å². The number of nitrogens with two attached hydrogens (primary N) is 1. The van der Waals surface area contributed by atoms with Crippen LogP contribution in [0.1, 0.15) is 10.4 Å². The van der Waals surface area contributed by atoms with E-state index in [-0.39, 0.29) is 0 Å². The van der Waals surface area contributed by atoms with Crippen molar-refractivity contribution in [2.45, 2.75) is 0 Å². The molecule has 3 rings (SSSR count). The standard InChI is InChI=1S/C16H12N4O/c17-16(21)12-7-4-10-18-15(12)14-9-8-13(19-20-14)11-5-2-1-3-6-11/h1-10H,(H2,17,21). The molecule has 0 spiro atoms. The summed E-state index contributed by atoms with van der Waals surface area (Å²) in [7, 11) is 0. The summed E-state index contributed by atoms with van der Waals surface area (Å²) >= 11 is 0. The lowest BCUT2D eigenvalue weighted by Crippen LogP contribution is -2.13. The van der Waals surface area contributed by atoms with Gasteiger partial charge in [0.25, 0.3) is 5.91 Å². The molecule has 0 atom stereocenters. The Morgan fingerprint density at radius 3 is 2.24 bits per heavy atom. The second kappa shape index (κ2) is 5.50. The average Bonchev–Trinajstić information content (AvgIpc) is 2.56. The van der Waals surface area contributed by atoms with Gasteiger partial charge in [-0.1, -0.05) is 30.3 Å². The summed E-state index contributed by atoms with van der Waals surface area (Å²) in [6.07, 6.45) is 1.59. The Kier molecular flexibility index (Phi) is 3.39. The molecule has 2 aromatic heterocycles. The molecule has 0 saturated carbocycles. The number of aromatic nitrogens is 3. The SMILES string of the molecule is NC(=O)c1cccnc1-c1ccc(-c2ccccc2)nn1. The number of nitrogens with zero attached hydrogens (tertiary/aromatic N) is 3. The van der Waals surface area contributed by atoms with Crippen molar-refractivity contribution in [3.63, 3.8) is 0 Å². The third-order valence-corrected chi connectivity index (χ3v) is 3.05. The highest BCUT2D eigenvalue weighted by Gasteiger charge is 2.12. The summed E-state index contributed by atoms with van der Waals surface area (Å²) in [6, 6.07) is 16.6. The first-order valence-corrected chi connectivity index (χ1v) is 6.40. The van der Waals surface area contributed by atoms with Crippen molar-refractivity contribution < 1.29 is 4.79 Å². The fourth-order valence-electron chi connectivity index (χ4n) is 2.03. The fourth-order valence-corrected chi connectivity index (χ4v) is 2.03. The molecule has 0 aliphatic rings. The van der Waals surface area contributed by atoms with Gasteiger partial charge < -0.3 is 5.73 Å². The Morgan fingerprint density at radius 1 is 0.857 bits per heavy atom. The maximum absolute atomic E-state index is 11.4. The van der Waals surface area contributed by atoms with E-state index in [4.69, 9.17) is 5.73 Å². The van der Waals surface area contributed by atoms with E-state index in [9.17, 15) is 4.79 Å². The molecule has 0 fully saturated rings. The third-order valence-electron chi connectivity index (χ3n) is 3.05. The van der Waals surface area contributed by atoms with Crippen LogP contribution in [0.25, 0.3) is 22.6 Å². The molecule has 5 heteroatoms. The van der Waals surface area contributed by atoms with E-state index in [1.54, 1.807) is 24.4 Å². The van der Waals surface area contributed by atoms with Gasteiger partial charge in [0.2, 0.25) is 0 Å². The van der Waals surface area contributed by atoms with Gasteiger partial charge in [0.15, 0.2) is 0 Å². The van der Waals surface area contributed by atoms with E-state index in [1.807, 2.05) is 36.4 Å². The molecule has 0 radical (unpaired) electrons. The molecule has 2 heterocycles. The topological polar surface area (TPSA) is 81.8 Å². The van der Waals surface area contributed by atoms with Crippen molar-refractivity contribution in [1.29, 1.82) is 0 Å². The summed E-state index contributed by atoms with van der Waals surface area (Å²) in [4.78, 5) is 15.6. The van der Waals surface area contributed by atoms with E-state index in [1.165, 1.54) is 0 Å². The molecular formula is C16H12N4O. The van der Waals surface area contributed by atoms with Crippen molar-refractivity contribution >= 4 is 5.91 Å². The fraction of sp³-hybridized carbons (Fsp3) is 0. The van der Waals surface area contributed by atoms with Crippen molar-refractivity contribution in [3.05, 3.63) is 66.4 Å². The Morgan fingerprint density at radius 2 is 1.57 bits per heavy atom. The molecule has 21 heavy (non-hydrogen) atoms. The van der Waals surface area contributed by atoms with Crippen LogP contribution in [-0.2, 0) is 0 Å². The molecule has 0 aliphatic carbocycles. The molecule has 1 aromatic carbocycles. The number of benzene rings is 1. The second-order valence-corrected chi connectivity index (χ2v) is 4.43. The Bertz CT molecular complexity index is 770. The number of rotatable bonds is 3. The van der Waals surface area contributed by atoms with E-state index in [2.05, 4.69) is 15.2 Å². The predicted octanol–water partition coefficient (Wildman–Crippen LogP) is 2.30. The highest BCUT2D eigenvalue weighted by molar-refractivity contribution is 5.98. The van der Waals surface area contributed by atoms with Crippen molar-refractivity contribution in [3.8, 4) is 22.6 Å². The zero-order chi connectivity index (χ0) is 14.7.